The number of rotatable bonds is 13. The zero-order valence-corrected chi connectivity index (χ0v) is 20.2. The second kappa shape index (κ2) is 17.5. The molecule has 0 saturated carbocycles. The average Bonchev–Trinajstić information content (AvgIpc) is 2.83. The fraction of sp³-hybridized carbons (Fsp3) is 0.455. The monoisotopic (exact) mass is 478 g/mol. The number of aliphatic hydroxyl groups excluding tert-OH is 2. The first-order chi connectivity index (χ1) is 15.7. The van der Waals surface area contributed by atoms with Gasteiger partial charge in [0.1, 0.15) is 0 Å². The maximum Gasteiger partial charge on any atom is 0.217 e. The average molecular weight is 479 g/mol. The molecule has 33 heavy (non-hydrogen) atoms. The highest BCUT2D eigenvalue weighted by Gasteiger charge is 2.13. The van der Waals surface area contributed by atoms with Crippen molar-refractivity contribution in [1.82, 2.24) is 9.21 Å². The summed E-state index contributed by atoms with van der Waals surface area (Å²) in [5.74, 6) is -0.291. The van der Waals surface area contributed by atoms with Crippen LogP contribution in [0.3, 0.4) is 0 Å². The molecule has 1 rings (SSSR count). The predicted molar refractivity (Wildman–Crippen MR) is 132 cm³/mol. The van der Waals surface area contributed by atoms with Gasteiger partial charge in [0.25, 0.3) is 0 Å². The van der Waals surface area contributed by atoms with Gasteiger partial charge in [-0.05, 0) is 62.1 Å². The molecule has 0 aliphatic carbocycles. The molecule has 0 fully saturated rings. The van der Waals surface area contributed by atoms with Crippen LogP contribution in [0.25, 0.3) is 0 Å². The largest absolute Gasteiger partial charge is 0.493 e. The van der Waals surface area contributed by atoms with E-state index in [1.807, 2.05) is 41.6 Å². The van der Waals surface area contributed by atoms with Crippen LogP contribution in [0.1, 0.15) is 33.6 Å². The fourth-order valence-electron chi connectivity index (χ4n) is 2.29. The van der Waals surface area contributed by atoms with Gasteiger partial charge in [0.15, 0.2) is 0 Å². The summed E-state index contributed by atoms with van der Waals surface area (Å²) in [6, 6.07) is 9.38. The molecule has 0 atom stereocenters. The lowest BCUT2D eigenvalue weighted by Gasteiger charge is -2.18. The number of anilines is 1. The molecule has 0 heterocycles. The molecule has 0 saturated heterocycles. The summed E-state index contributed by atoms with van der Waals surface area (Å²) in [6.45, 7) is 6.94. The second-order valence-electron chi connectivity index (χ2n) is 6.92. The van der Waals surface area contributed by atoms with Crippen LogP contribution in [0, 0.1) is 16.2 Å². The predicted octanol–water partition coefficient (Wildman–Crippen LogP) is 3.13. The number of benzene rings is 1. The molecule has 0 aliphatic heterocycles. The zero-order chi connectivity index (χ0) is 25.2. The number of hydrogen-bond donors (Lipinski definition) is 4. The summed E-state index contributed by atoms with van der Waals surface area (Å²) in [5, 5.41) is 30.2. The summed E-state index contributed by atoms with van der Waals surface area (Å²) in [5.41, 5.74) is 13.0. The highest BCUT2D eigenvalue weighted by atomic mass is 32.2. The van der Waals surface area contributed by atoms with E-state index in [4.69, 9.17) is 21.8 Å². The number of nitrogens with zero attached hydrogens (tertiary/aromatic N) is 4. The zero-order valence-electron chi connectivity index (χ0n) is 19.4. The lowest BCUT2D eigenvalue weighted by Crippen LogP contribution is -2.26. The highest BCUT2D eigenvalue weighted by molar-refractivity contribution is 7.97. The van der Waals surface area contributed by atoms with Crippen molar-refractivity contribution < 1.29 is 15.0 Å². The third-order valence-electron chi connectivity index (χ3n) is 4.43. The van der Waals surface area contributed by atoms with Gasteiger partial charge in [-0.2, -0.15) is 10.2 Å². The summed E-state index contributed by atoms with van der Waals surface area (Å²) < 4.78 is 1.90. The van der Waals surface area contributed by atoms with Crippen LogP contribution in [0.2, 0.25) is 0 Å². The van der Waals surface area contributed by atoms with E-state index in [0.717, 1.165) is 22.6 Å². The normalized spacial score (nSPS) is 12.0. The maximum absolute atomic E-state index is 10.8. The van der Waals surface area contributed by atoms with Gasteiger partial charge in [-0.3, -0.25) is 9.69 Å². The van der Waals surface area contributed by atoms with Gasteiger partial charge in [-0.25, -0.2) is 4.31 Å². The molecule has 182 valence electrons. The number of nitriles is 1. The number of unbranched alkanes of at least 4 members (excludes halogenated alkanes) is 1. The number of amides is 1. The number of nitroso groups, excluding NO2 is 1. The van der Waals surface area contributed by atoms with Crippen molar-refractivity contribution in [3.63, 3.8) is 0 Å². The van der Waals surface area contributed by atoms with Crippen LogP contribution in [0.15, 0.2) is 57.1 Å². The quantitative estimate of drug-likeness (QED) is 0.0632. The fourth-order valence-corrected chi connectivity index (χ4v) is 3.19. The topological polar surface area (TPSA) is 169 Å². The van der Waals surface area contributed by atoms with E-state index in [-0.39, 0.29) is 24.7 Å². The Morgan fingerprint density at radius 2 is 1.88 bits per heavy atom. The third-order valence-corrected chi connectivity index (χ3v) is 5.54. The van der Waals surface area contributed by atoms with Crippen molar-refractivity contribution >= 4 is 24.0 Å². The molecule has 1 amide bonds. The maximum atomic E-state index is 10.8. The van der Waals surface area contributed by atoms with Crippen LogP contribution in [0.5, 0.6) is 0 Å². The third kappa shape index (κ3) is 11.9. The number of carbonyl (C=O) groups excluding carboxylic acids is 1. The first-order valence-corrected chi connectivity index (χ1v) is 11.2. The molecule has 6 N–H and O–H groups in total. The van der Waals surface area contributed by atoms with Crippen molar-refractivity contribution in [3.05, 3.63) is 51.9 Å². The molecule has 0 aromatic heterocycles. The summed E-state index contributed by atoms with van der Waals surface area (Å²) >= 11 is 1.48. The Balaban J connectivity index is 0.000000621. The van der Waals surface area contributed by atoms with Crippen molar-refractivity contribution in [2.24, 2.45) is 10.9 Å². The molecule has 0 bridgehead atoms. The van der Waals surface area contributed by atoms with Gasteiger partial charge in [0.2, 0.25) is 12.3 Å². The molecule has 0 spiro atoms. The van der Waals surface area contributed by atoms with Gasteiger partial charge < -0.3 is 21.7 Å². The molecule has 1 aromatic rings. The first-order valence-electron chi connectivity index (χ1n) is 10.4. The first kappa shape index (κ1) is 29.9. The van der Waals surface area contributed by atoms with Gasteiger partial charge in [0, 0.05) is 35.8 Å². The van der Waals surface area contributed by atoms with E-state index >= 15 is 0 Å². The van der Waals surface area contributed by atoms with Crippen molar-refractivity contribution in [3.8, 4) is 6.07 Å². The van der Waals surface area contributed by atoms with Gasteiger partial charge in [0.05, 0.1) is 24.9 Å². The van der Waals surface area contributed by atoms with E-state index < -0.39 is 0 Å². The standard InChI is InChI=1S/C12H19N3O2.C10H15N3O2S/c1-4-5-6-15(8-16)12(17)11(14)10(3)9(2)7-13;11-9-1-3-10(4-2-9)16-13(7-8-14)6-5-12-15/h8,17H,4-6,14H2,1-3H3;1-4,14H,5-8,11H2/b10-9+,12-11-;. The molecular weight excluding hydrogens is 444 g/mol. The molecular formula is C22H34N6O4S. The Labute approximate surface area is 199 Å². The van der Waals surface area contributed by atoms with Crippen molar-refractivity contribution in [1.29, 1.82) is 5.26 Å². The summed E-state index contributed by atoms with van der Waals surface area (Å²) in [7, 11) is 0. The van der Waals surface area contributed by atoms with Gasteiger partial charge >= 0.3 is 0 Å². The van der Waals surface area contributed by atoms with Gasteiger partial charge in [-0.1, -0.05) is 18.5 Å². The van der Waals surface area contributed by atoms with E-state index in [1.165, 1.54) is 11.9 Å². The minimum absolute atomic E-state index is 0.0564. The second-order valence-corrected chi connectivity index (χ2v) is 8.09. The molecule has 0 radical (unpaired) electrons. The number of hydrogen-bond acceptors (Lipinski definition) is 10. The Kier molecular flexibility index (Phi) is 15.9. The number of nitrogens with two attached hydrogens (primary N) is 2. The van der Waals surface area contributed by atoms with Crippen LogP contribution in [0.4, 0.5) is 5.69 Å². The van der Waals surface area contributed by atoms with Crippen LogP contribution >= 0.6 is 11.9 Å². The van der Waals surface area contributed by atoms with E-state index in [1.54, 1.807) is 13.8 Å². The number of carbonyl (C=O) groups is 1. The van der Waals surface area contributed by atoms with Crippen LogP contribution in [-0.4, -0.2) is 58.6 Å². The van der Waals surface area contributed by atoms with Crippen LogP contribution < -0.4 is 11.5 Å². The minimum Gasteiger partial charge on any atom is -0.493 e. The summed E-state index contributed by atoms with van der Waals surface area (Å²) in [4.78, 5) is 23.0. The molecule has 10 nitrogen and oxygen atoms in total. The molecule has 11 heteroatoms. The SMILES string of the molecule is CCCCN(C=O)/C(O)=C(N)\C(C)=C(/C)C#N.Nc1ccc(SN(CCO)CCN=O)cc1. The number of aliphatic hydroxyl groups is 2. The Hall–Kier alpha value is -3.07. The molecule has 0 unspecified atom stereocenters. The highest BCUT2D eigenvalue weighted by Crippen LogP contribution is 2.22. The number of allylic oxidation sites excluding steroid dienone is 2. The van der Waals surface area contributed by atoms with Crippen molar-refractivity contribution in [2.75, 3.05) is 38.5 Å². The lowest BCUT2D eigenvalue weighted by atomic mass is 10.1. The molecule has 0 aliphatic rings. The number of nitrogen functional groups attached to an aromatic ring is 1. The van der Waals surface area contributed by atoms with Crippen molar-refractivity contribution in [2.45, 2.75) is 38.5 Å². The lowest BCUT2D eigenvalue weighted by molar-refractivity contribution is -0.118. The van der Waals surface area contributed by atoms with E-state index in [0.29, 0.717) is 42.9 Å². The Bertz CT molecular complexity index is 836. The summed E-state index contributed by atoms with van der Waals surface area (Å²) in [6.07, 6.45) is 2.21. The smallest absolute Gasteiger partial charge is 0.217 e. The van der Waals surface area contributed by atoms with E-state index in [2.05, 4.69) is 5.18 Å². The Morgan fingerprint density at radius 1 is 1.24 bits per heavy atom. The van der Waals surface area contributed by atoms with Gasteiger partial charge in [-0.15, -0.1) is 0 Å². The van der Waals surface area contributed by atoms with Crippen LogP contribution in [-0.2, 0) is 4.79 Å². The Morgan fingerprint density at radius 3 is 2.36 bits per heavy atom. The molecule has 1 aromatic carbocycles. The van der Waals surface area contributed by atoms with E-state index in [9.17, 15) is 14.8 Å². The minimum atomic E-state index is -0.291.